The van der Waals surface area contributed by atoms with Crippen molar-refractivity contribution in [2.24, 2.45) is 0 Å². The Morgan fingerprint density at radius 1 is 1.04 bits per heavy atom. The lowest BCUT2D eigenvalue weighted by Crippen LogP contribution is -2.49. The first-order chi connectivity index (χ1) is 11.8. The van der Waals surface area contributed by atoms with Gasteiger partial charge in [-0.15, -0.1) is 0 Å². The highest BCUT2D eigenvalue weighted by Crippen LogP contribution is 2.15. The molecule has 1 N–H and O–H groups in total. The number of methoxy groups -OCH3 is 1. The van der Waals surface area contributed by atoms with Gasteiger partial charge in [0, 0.05) is 32.7 Å². The maximum Gasteiger partial charge on any atom is 0.240 e. The Kier molecular flexibility index (Phi) is 6.80. The number of nitrogens with one attached hydrogen (secondary N) is 1. The van der Waals surface area contributed by atoms with Gasteiger partial charge in [0.05, 0.1) is 17.8 Å². The Balaban J connectivity index is 1.90. The fraction of sp³-hybridized carbons (Fsp3) is 0.600. The Morgan fingerprint density at radius 2 is 1.64 bits per heavy atom. The van der Waals surface area contributed by atoms with Gasteiger partial charge in [-0.2, -0.15) is 4.31 Å². The van der Waals surface area contributed by atoms with E-state index in [2.05, 4.69) is 9.62 Å². The van der Waals surface area contributed by atoms with Crippen LogP contribution >= 0.6 is 0 Å². The van der Waals surface area contributed by atoms with Gasteiger partial charge in [0.25, 0.3) is 0 Å². The summed E-state index contributed by atoms with van der Waals surface area (Å²) in [5.41, 5.74) is 0. The van der Waals surface area contributed by atoms with E-state index in [1.54, 1.807) is 12.1 Å². The van der Waals surface area contributed by atoms with Crippen molar-refractivity contribution < 1.29 is 21.6 Å². The predicted octanol–water partition coefficient (Wildman–Crippen LogP) is -0.0592. The Hall–Kier alpha value is -1.20. The third kappa shape index (κ3) is 5.38. The van der Waals surface area contributed by atoms with E-state index in [1.165, 1.54) is 23.5 Å². The lowest BCUT2D eigenvalue weighted by molar-refractivity contribution is 0.196. The van der Waals surface area contributed by atoms with Crippen molar-refractivity contribution in [3.05, 3.63) is 24.3 Å². The quantitative estimate of drug-likeness (QED) is 0.667. The Morgan fingerprint density at radius 3 is 2.16 bits per heavy atom. The molecule has 8 nitrogen and oxygen atoms in total. The summed E-state index contributed by atoms with van der Waals surface area (Å²) in [6.45, 7) is 5.07. The molecule has 1 fully saturated rings. The molecule has 142 valence electrons. The first kappa shape index (κ1) is 20.1. The Labute approximate surface area is 149 Å². The standard InChI is InChI=1S/C15H25N3O5S2/c1-3-17-9-11-18(12-10-17)24(19,20)13-8-16-25(21,22)15-6-4-14(23-2)5-7-15/h4-7,16H,3,8-13H2,1-2H3. The molecular weight excluding hydrogens is 366 g/mol. The smallest absolute Gasteiger partial charge is 0.240 e. The first-order valence-corrected chi connectivity index (χ1v) is 11.2. The number of benzene rings is 1. The molecular formula is C15H25N3O5S2. The second-order valence-electron chi connectivity index (χ2n) is 5.72. The highest BCUT2D eigenvalue weighted by Gasteiger charge is 2.26. The number of piperazine rings is 1. The zero-order valence-electron chi connectivity index (χ0n) is 14.5. The van der Waals surface area contributed by atoms with Crippen LogP contribution in [0, 0.1) is 0 Å². The highest BCUT2D eigenvalue weighted by molar-refractivity contribution is 7.90. The average molecular weight is 392 g/mol. The van der Waals surface area contributed by atoms with Crippen molar-refractivity contribution in [1.82, 2.24) is 13.9 Å². The van der Waals surface area contributed by atoms with Crippen LogP contribution in [0.5, 0.6) is 5.75 Å². The molecule has 0 atom stereocenters. The lowest BCUT2D eigenvalue weighted by atomic mass is 10.3. The monoisotopic (exact) mass is 391 g/mol. The van der Waals surface area contributed by atoms with Crippen molar-refractivity contribution in [2.75, 3.05) is 52.1 Å². The largest absolute Gasteiger partial charge is 0.497 e. The van der Waals surface area contributed by atoms with Crippen molar-refractivity contribution in [3.8, 4) is 5.75 Å². The molecule has 0 bridgehead atoms. The van der Waals surface area contributed by atoms with Crippen LogP contribution in [0.15, 0.2) is 29.2 Å². The van der Waals surface area contributed by atoms with E-state index < -0.39 is 20.0 Å². The van der Waals surface area contributed by atoms with Crippen LogP contribution in [0.25, 0.3) is 0 Å². The second-order valence-corrected chi connectivity index (χ2v) is 9.58. The van der Waals surface area contributed by atoms with Crippen LogP contribution in [0.4, 0.5) is 0 Å². The topological polar surface area (TPSA) is 96.0 Å². The molecule has 0 saturated carbocycles. The van der Waals surface area contributed by atoms with E-state index in [4.69, 9.17) is 4.74 Å². The number of hydrogen-bond acceptors (Lipinski definition) is 6. The summed E-state index contributed by atoms with van der Waals surface area (Å²) in [7, 11) is -5.73. The minimum Gasteiger partial charge on any atom is -0.497 e. The second kappa shape index (κ2) is 8.45. The van der Waals surface area contributed by atoms with Gasteiger partial charge in [-0.3, -0.25) is 0 Å². The molecule has 1 aromatic carbocycles. The molecule has 10 heteroatoms. The van der Waals surface area contributed by atoms with E-state index in [9.17, 15) is 16.8 Å². The van der Waals surface area contributed by atoms with Gasteiger partial charge in [-0.1, -0.05) is 6.92 Å². The fourth-order valence-corrected chi connectivity index (χ4v) is 5.10. The zero-order valence-corrected chi connectivity index (χ0v) is 16.1. The molecule has 1 heterocycles. The molecule has 25 heavy (non-hydrogen) atoms. The van der Waals surface area contributed by atoms with Crippen molar-refractivity contribution in [2.45, 2.75) is 11.8 Å². The first-order valence-electron chi connectivity index (χ1n) is 8.12. The summed E-state index contributed by atoms with van der Waals surface area (Å²) < 4.78 is 57.9. The number of nitrogens with zero attached hydrogens (tertiary/aromatic N) is 2. The molecule has 0 spiro atoms. The summed E-state index contributed by atoms with van der Waals surface area (Å²) in [6.07, 6.45) is 0. The SMILES string of the molecule is CCN1CCN(S(=O)(=O)CCNS(=O)(=O)c2ccc(OC)cc2)CC1. The molecule has 2 rings (SSSR count). The van der Waals surface area contributed by atoms with Gasteiger partial charge in [-0.25, -0.2) is 21.6 Å². The van der Waals surface area contributed by atoms with Crippen molar-refractivity contribution in [1.29, 1.82) is 0 Å². The third-order valence-electron chi connectivity index (χ3n) is 4.19. The third-order valence-corrected chi connectivity index (χ3v) is 7.54. The van der Waals surface area contributed by atoms with Gasteiger partial charge in [-0.05, 0) is 30.8 Å². The van der Waals surface area contributed by atoms with Crippen LogP contribution in [-0.4, -0.2) is 78.2 Å². The van der Waals surface area contributed by atoms with Gasteiger partial charge in [0.1, 0.15) is 5.75 Å². The summed E-state index contributed by atoms with van der Waals surface area (Å²) >= 11 is 0. The number of sulfonamides is 2. The summed E-state index contributed by atoms with van der Waals surface area (Å²) in [4.78, 5) is 2.25. The minimum absolute atomic E-state index is 0.0715. The molecule has 0 unspecified atom stereocenters. The molecule has 1 aliphatic rings. The summed E-state index contributed by atoms with van der Waals surface area (Å²) in [5.74, 6) is 0.293. The van der Waals surface area contributed by atoms with Crippen LogP contribution in [-0.2, 0) is 20.0 Å². The fourth-order valence-electron chi connectivity index (χ4n) is 2.60. The molecule has 1 saturated heterocycles. The molecule has 1 aromatic rings. The Bertz CT molecular complexity index is 755. The van der Waals surface area contributed by atoms with Crippen LogP contribution in [0.3, 0.4) is 0 Å². The van der Waals surface area contributed by atoms with E-state index >= 15 is 0 Å². The maximum atomic E-state index is 12.3. The molecule has 0 radical (unpaired) electrons. The normalized spacial score (nSPS) is 17.5. The van der Waals surface area contributed by atoms with E-state index in [-0.39, 0.29) is 17.2 Å². The van der Waals surface area contributed by atoms with E-state index in [0.29, 0.717) is 31.9 Å². The van der Waals surface area contributed by atoms with Crippen LogP contribution in [0.2, 0.25) is 0 Å². The van der Waals surface area contributed by atoms with E-state index in [1.807, 2.05) is 6.92 Å². The van der Waals surface area contributed by atoms with E-state index in [0.717, 1.165) is 6.54 Å². The van der Waals surface area contributed by atoms with Crippen molar-refractivity contribution >= 4 is 20.0 Å². The van der Waals surface area contributed by atoms with Crippen LogP contribution in [0.1, 0.15) is 6.92 Å². The number of likely N-dealkylation sites (N-methyl/N-ethyl adjacent to an activating group) is 1. The maximum absolute atomic E-state index is 12.3. The van der Waals surface area contributed by atoms with Crippen LogP contribution < -0.4 is 9.46 Å². The number of ether oxygens (including phenoxy) is 1. The lowest BCUT2D eigenvalue weighted by Gasteiger charge is -2.33. The molecule has 0 amide bonds. The summed E-state index contributed by atoms with van der Waals surface area (Å²) in [5, 5.41) is 0. The molecule has 0 aliphatic carbocycles. The molecule has 0 aromatic heterocycles. The number of hydrogen-bond donors (Lipinski definition) is 1. The predicted molar refractivity (Wildman–Crippen MR) is 95.7 cm³/mol. The molecule has 1 aliphatic heterocycles. The average Bonchev–Trinajstić information content (AvgIpc) is 2.61. The van der Waals surface area contributed by atoms with Gasteiger partial charge in [0.2, 0.25) is 20.0 Å². The highest BCUT2D eigenvalue weighted by atomic mass is 32.2. The van der Waals surface area contributed by atoms with Crippen molar-refractivity contribution in [3.63, 3.8) is 0 Å². The van der Waals surface area contributed by atoms with Gasteiger partial charge < -0.3 is 9.64 Å². The van der Waals surface area contributed by atoms with Gasteiger partial charge >= 0.3 is 0 Å². The van der Waals surface area contributed by atoms with Gasteiger partial charge in [0.15, 0.2) is 0 Å². The minimum atomic E-state index is -3.75. The summed E-state index contributed by atoms with van der Waals surface area (Å²) in [6, 6.07) is 5.91. The number of rotatable bonds is 8. The zero-order chi connectivity index (χ0) is 18.5.